The molecule has 2 fully saturated rings. The molecular weight excluding hydrogens is 308 g/mol. The number of hydrogen-bond acceptors (Lipinski definition) is 5. The van der Waals surface area contributed by atoms with Crippen LogP contribution in [0.4, 0.5) is 0 Å². The number of nitrogens with one attached hydrogen (secondary N) is 1. The van der Waals surface area contributed by atoms with Crippen LogP contribution in [0.1, 0.15) is 36.4 Å². The van der Waals surface area contributed by atoms with Crippen molar-refractivity contribution in [3.8, 4) is 0 Å². The fraction of sp³-hybridized carbons (Fsp3) is 0.765. The summed E-state index contributed by atoms with van der Waals surface area (Å²) in [4.78, 5) is 21.8. The zero-order valence-corrected chi connectivity index (χ0v) is 15.1. The highest BCUT2D eigenvalue weighted by molar-refractivity contribution is 7.09. The predicted molar refractivity (Wildman–Crippen MR) is 93.5 cm³/mol. The maximum absolute atomic E-state index is 12.8. The maximum atomic E-state index is 12.8. The molecule has 2 aliphatic rings. The molecule has 128 valence electrons. The molecule has 0 saturated carbocycles. The highest BCUT2D eigenvalue weighted by atomic mass is 32.1. The van der Waals surface area contributed by atoms with E-state index in [9.17, 15) is 4.79 Å². The summed E-state index contributed by atoms with van der Waals surface area (Å²) in [5, 5.41) is 6.60. The van der Waals surface area contributed by atoms with Crippen molar-refractivity contribution in [2.45, 2.75) is 45.2 Å². The fourth-order valence-electron chi connectivity index (χ4n) is 3.72. The lowest BCUT2D eigenvalue weighted by Gasteiger charge is -2.37. The Morgan fingerprint density at radius 3 is 2.78 bits per heavy atom. The molecule has 2 saturated heterocycles. The molecule has 1 aromatic rings. The van der Waals surface area contributed by atoms with Gasteiger partial charge in [-0.1, -0.05) is 0 Å². The second-order valence-electron chi connectivity index (χ2n) is 6.82. The van der Waals surface area contributed by atoms with E-state index in [2.05, 4.69) is 32.4 Å². The van der Waals surface area contributed by atoms with Gasteiger partial charge in [-0.2, -0.15) is 0 Å². The van der Waals surface area contributed by atoms with Gasteiger partial charge in [-0.05, 0) is 52.7 Å². The highest BCUT2D eigenvalue weighted by Crippen LogP contribution is 2.23. The van der Waals surface area contributed by atoms with Crippen LogP contribution in [-0.4, -0.2) is 60.0 Å². The third kappa shape index (κ3) is 4.31. The van der Waals surface area contributed by atoms with Crippen molar-refractivity contribution in [3.05, 3.63) is 16.1 Å². The minimum Gasteiger partial charge on any atom is -0.341 e. The molecule has 1 N–H and O–H groups in total. The Hall–Kier alpha value is -0.980. The number of carbonyl (C=O) groups excluding carboxylic acids is 1. The van der Waals surface area contributed by atoms with Crippen molar-refractivity contribution in [1.29, 1.82) is 0 Å². The number of aromatic nitrogens is 1. The van der Waals surface area contributed by atoms with E-state index in [-0.39, 0.29) is 5.92 Å². The predicted octanol–water partition coefficient (Wildman–Crippen LogP) is 1.87. The van der Waals surface area contributed by atoms with Crippen LogP contribution < -0.4 is 5.32 Å². The number of likely N-dealkylation sites (tertiary alicyclic amines) is 2. The lowest BCUT2D eigenvalue weighted by Crippen LogP contribution is -2.50. The van der Waals surface area contributed by atoms with Crippen molar-refractivity contribution in [1.82, 2.24) is 20.1 Å². The van der Waals surface area contributed by atoms with E-state index in [0.717, 1.165) is 57.0 Å². The van der Waals surface area contributed by atoms with Crippen LogP contribution >= 0.6 is 11.3 Å². The van der Waals surface area contributed by atoms with Gasteiger partial charge in [-0.15, -0.1) is 11.3 Å². The van der Waals surface area contributed by atoms with E-state index in [1.165, 1.54) is 12.1 Å². The summed E-state index contributed by atoms with van der Waals surface area (Å²) >= 11 is 1.72. The van der Waals surface area contributed by atoms with Crippen LogP contribution in [0.25, 0.3) is 0 Å². The summed E-state index contributed by atoms with van der Waals surface area (Å²) in [7, 11) is 2.00. The van der Waals surface area contributed by atoms with Crippen LogP contribution in [0.5, 0.6) is 0 Å². The summed E-state index contributed by atoms with van der Waals surface area (Å²) in [6.07, 6.45) is 4.29. The topological polar surface area (TPSA) is 48.5 Å². The Morgan fingerprint density at radius 1 is 1.35 bits per heavy atom. The van der Waals surface area contributed by atoms with Gasteiger partial charge in [0.2, 0.25) is 5.91 Å². The minimum absolute atomic E-state index is 0.221. The van der Waals surface area contributed by atoms with Crippen molar-refractivity contribution >= 4 is 17.2 Å². The molecule has 0 radical (unpaired) electrons. The van der Waals surface area contributed by atoms with Gasteiger partial charge in [0.25, 0.3) is 0 Å². The zero-order chi connectivity index (χ0) is 16.2. The van der Waals surface area contributed by atoms with Crippen molar-refractivity contribution in [3.63, 3.8) is 0 Å². The molecule has 1 atom stereocenters. The molecule has 3 heterocycles. The Bertz CT molecular complexity index is 524. The van der Waals surface area contributed by atoms with Gasteiger partial charge in [-0.25, -0.2) is 4.98 Å². The Kier molecular flexibility index (Phi) is 5.67. The molecule has 0 bridgehead atoms. The number of rotatable bonds is 4. The number of thiazole rings is 1. The third-order valence-corrected chi connectivity index (χ3v) is 5.95. The van der Waals surface area contributed by atoms with Gasteiger partial charge in [0.15, 0.2) is 0 Å². The van der Waals surface area contributed by atoms with E-state index in [1.807, 2.05) is 7.05 Å². The molecule has 3 rings (SSSR count). The lowest BCUT2D eigenvalue weighted by atomic mass is 9.93. The van der Waals surface area contributed by atoms with E-state index < -0.39 is 0 Å². The van der Waals surface area contributed by atoms with Crippen molar-refractivity contribution in [2.24, 2.45) is 5.92 Å². The molecular formula is C17H28N4OS. The summed E-state index contributed by atoms with van der Waals surface area (Å²) in [6.45, 7) is 6.82. The first-order chi connectivity index (χ1) is 11.2. The summed E-state index contributed by atoms with van der Waals surface area (Å²) in [5.74, 6) is 0.605. The first kappa shape index (κ1) is 16.9. The van der Waals surface area contributed by atoms with Crippen molar-refractivity contribution < 1.29 is 4.79 Å². The van der Waals surface area contributed by atoms with Gasteiger partial charge in [0, 0.05) is 37.0 Å². The lowest BCUT2D eigenvalue weighted by molar-refractivity contribution is -0.138. The zero-order valence-electron chi connectivity index (χ0n) is 14.3. The Morgan fingerprint density at radius 2 is 2.13 bits per heavy atom. The van der Waals surface area contributed by atoms with Gasteiger partial charge in [0.1, 0.15) is 0 Å². The normalized spacial score (nSPS) is 24.1. The highest BCUT2D eigenvalue weighted by Gasteiger charge is 2.31. The standard InChI is InChI=1S/C17H28N4OS/c1-13-19-16(12-23-13)10-20-8-5-14(6-9-20)17(22)21-7-3-4-15(11-21)18-2/h12,14-15,18H,3-11H2,1-2H3. The second-order valence-corrected chi connectivity index (χ2v) is 7.88. The summed E-state index contributed by atoms with van der Waals surface area (Å²) < 4.78 is 0. The molecule has 0 aliphatic carbocycles. The first-order valence-electron chi connectivity index (χ1n) is 8.75. The van der Waals surface area contributed by atoms with Crippen LogP contribution in [-0.2, 0) is 11.3 Å². The number of hydrogen-bond donors (Lipinski definition) is 1. The van der Waals surface area contributed by atoms with E-state index in [0.29, 0.717) is 11.9 Å². The Labute approximate surface area is 143 Å². The quantitative estimate of drug-likeness (QED) is 0.912. The van der Waals surface area contributed by atoms with Crippen LogP contribution in [0.3, 0.4) is 0 Å². The molecule has 1 aromatic heterocycles. The second kappa shape index (κ2) is 7.73. The van der Waals surface area contributed by atoms with Crippen LogP contribution in [0, 0.1) is 12.8 Å². The average molecular weight is 337 g/mol. The molecule has 5 nitrogen and oxygen atoms in total. The largest absolute Gasteiger partial charge is 0.341 e. The van der Waals surface area contributed by atoms with Crippen molar-refractivity contribution in [2.75, 3.05) is 33.2 Å². The molecule has 23 heavy (non-hydrogen) atoms. The van der Waals surface area contributed by atoms with Gasteiger partial charge < -0.3 is 10.2 Å². The minimum atomic E-state index is 0.221. The smallest absolute Gasteiger partial charge is 0.225 e. The molecule has 0 spiro atoms. The Balaban J connectivity index is 1.47. The number of piperidine rings is 2. The van der Waals surface area contributed by atoms with Crippen LogP contribution in [0.2, 0.25) is 0 Å². The molecule has 2 aliphatic heterocycles. The number of aryl methyl sites for hydroxylation is 1. The van der Waals surface area contributed by atoms with E-state index in [4.69, 9.17) is 0 Å². The van der Waals surface area contributed by atoms with Gasteiger partial charge in [-0.3, -0.25) is 9.69 Å². The number of likely N-dealkylation sites (N-methyl/N-ethyl adjacent to an activating group) is 1. The third-order valence-electron chi connectivity index (χ3n) is 5.13. The molecule has 6 heteroatoms. The molecule has 1 unspecified atom stereocenters. The monoisotopic (exact) mass is 336 g/mol. The number of nitrogens with zero attached hydrogens (tertiary/aromatic N) is 3. The SMILES string of the molecule is CNC1CCCN(C(=O)C2CCN(Cc3csc(C)n3)CC2)C1. The fourth-order valence-corrected chi connectivity index (χ4v) is 4.32. The molecule has 0 aromatic carbocycles. The molecule has 1 amide bonds. The van der Waals surface area contributed by atoms with E-state index >= 15 is 0 Å². The summed E-state index contributed by atoms with van der Waals surface area (Å²) in [5.41, 5.74) is 1.17. The van der Waals surface area contributed by atoms with Crippen LogP contribution in [0.15, 0.2) is 5.38 Å². The summed E-state index contributed by atoms with van der Waals surface area (Å²) in [6, 6.07) is 0.473. The van der Waals surface area contributed by atoms with Gasteiger partial charge >= 0.3 is 0 Å². The van der Waals surface area contributed by atoms with E-state index in [1.54, 1.807) is 11.3 Å². The number of amides is 1. The van der Waals surface area contributed by atoms with Gasteiger partial charge in [0.05, 0.1) is 10.7 Å². The number of carbonyl (C=O) groups is 1. The average Bonchev–Trinajstić information content (AvgIpc) is 3.00. The first-order valence-corrected chi connectivity index (χ1v) is 9.63. The maximum Gasteiger partial charge on any atom is 0.225 e.